The third-order valence-corrected chi connectivity index (χ3v) is 3.88. The van der Waals surface area contributed by atoms with E-state index in [0.717, 1.165) is 12.1 Å². The van der Waals surface area contributed by atoms with Crippen LogP contribution in [0.5, 0.6) is 0 Å². The lowest BCUT2D eigenvalue weighted by Gasteiger charge is -2.18. The Kier molecular flexibility index (Phi) is 4.49. The van der Waals surface area contributed by atoms with Crippen LogP contribution in [0.15, 0.2) is 18.2 Å². The van der Waals surface area contributed by atoms with E-state index >= 15 is 0 Å². The average molecular weight is 322 g/mol. The number of hydrogen-bond donors (Lipinski definition) is 1. The predicted molar refractivity (Wildman–Crippen MR) is 72.1 cm³/mol. The molecule has 1 aliphatic heterocycles. The second-order valence-electron chi connectivity index (χ2n) is 5.27. The van der Waals surface area contributed by atoms with Gasteiger partial charge in [-0.25, -0.2) is 0 Å². The predicted octanol–water partition coefficient (Wildman–Crippen LogP) is 3.20. The van der Waals surface area contributed by atoms with Crippen molar-refractivity contribution < 1.29 is 23.1 Å². The van der Waals surface area contributed by atoms with E-state index < -0.39 is 23.8 Å². The van der Waals surface area contributed by atoms with Crippen LogP contribution in [-0.2, 0) is 6.18 Å². The first-order valence-corrected chi connectivity index (χ1v) is 6.91. The Labute approximate surface area is 125 Å². The lowest BCUT2D eigenvalue weighted by atomic mass is 10.0. The van der Waals surface area contributed by atoms with Gasteiger partial charge in [0.15, 0.2) is 0 Å². The molecule has 21 heavy (non-hydrogen) atoms. The van der Waals surface area contributed by atoms with Crippen molar-refractivity contribution in [1.82, 2.24) is 4.90 Å². The van der Waals surface area contributed by atoms with Crippen LogP contribution in [-0.4, -0.2) is 35.1 Å². The van der Waals surface area contributed by atoms with E-state index in [1.54, 1.807) is 6.92 Å². The first kappa shape index (κ1) is 16.1. The molecule has 0 aliphatic carbocycles. The summed E-state index contributed by atoms with van der Waals surface area (Å²) in [6.45, 7) is 2.40. The minimum Gasteiger partial charge on any atom is -0.393 e. The van der Waals surface area contributed by atoms with Gasteiger partial charge in [-0.15, -0.1) is 0 Å². The van der Waals surface area contributed by atoms with Gasteiger partial charge < -0.3 is 10.0 Å². The zero-order valence-corrected chi connectivity index (χ0v) is 12.1. The number of nitrogens with zero attached hydrogens (tertiary/aromatic N) is 1. The van der Waals surface area contributed by atoms with Crippen LogP contribution in [0, 0.1) is 5.92 Å². The van der Waals surface area contributed by atoms with Crippen molar-refractivity contribution in [3.05, 3.63) is 34.3 Å². The quantitative estimate of drug-likeness (QED) is 0.908. The minimum absolute atomic E-state index is 0.0461. The SMILES string of the molecule is CC(O)C1CCN(C(=O)c2cc(Cl)cc(C(F)(F)F)c2)C1. The second-order valence-corrected chi connectivity index (χ2v) is 5.70. The Bertz CT molecular complexity index is 546. The van der Waals surface area contributed by atoms with Crippen LogP contribution in [0.1, 0.15) is 29.3 Å². The van der Waals surface area contributed by atoms with Crippen LogP contribution >= 0.6 is 11.6 Å². The summed E-state index contributed by atoms with van der Waals surface area (Å²) in [7, 11) is 0. The Balaban J connectivity index is 2.22. The van der Waals surface area contributed by atoms with E-state index in [0.29, 0.717) is 19.5 Å². The van der Waals surface area contributed by atoms with Crippen LogP contribution in [0.25, 0.3) is 0 Å². The molecule has 7 heteroatoms. The van der Waals surface area contributed by atoms with Gasteiger partial charge in [-0.05, 0) is 31.5 Å². The van der Waals surface area contributed by atoms with Gasteiger partial charge >= 0.3 is 6.18 Å². The third kappa shape index (κ3) is 3.68. The number of aliphatic hydroxyl groups excluding tert-OH is 1. The number of benzene rings is 1. The topological polar surface area (TPSA) is 40.5 Å². The van der Waals surface area contributed by atoms with Gasteiger partial charge in [-0.2, -0.15) is 13.2 Å². The first-order valence-electron chi connectivity index (χ1n) is 6.53. The molecule has 0 saturated carbocycles. The molecule has 1 aliphatic rings. The van der Waals surface area contributed by atoms with Crippen LogP contribution < -0.4 is 0 Å². The number of aliphatic hydroxyl groups is 1. The first-order chi connectivity index (χ1) is 9.68. The highest BCUT2D eigenvalue weighted by Crippen LogP contribution is 2.32. The fourth-order valence-corrected chi connectivity index (χ4v) is 2.66. The highest BCUT2D eigenvalue weighted by Gasteiger charge is 2.34. The molecular formula is C14H15ClF3NO2. The average Bonchev–Trinajstić information content (AvgIpc) is 2.85. The molecule has 1 aromatic carbocycles. The highest BCUT2D eigenvalue weighted by molar-refractivity contribution is 6.31. The standard InChI is InChI=1S/C14H15ClF3NO2/c1-8(20)9-2-3-19(7-9)13(21)10-4-11(14(16,17)18)6-12(15)5-10/h4-6,8-9,20H,2-3,7H2,1H3. The molecule has 1 saturated heterocycles. The van der Waals surface area contributed by atoms with E-state index in [9.17, 15) is 23.1 Å². The van der Waals surface area contributed by atoms with Gasteiger partial charge in [-0.1, -0.05) is 11.6 Å². The van der Waals surface area contributed by atoms with Gasteiger partial charge in [0.25, 0.3) is 5.91 Å². The molecule has 0 radical (unpaired) electrons. The maximum atomic E-state index is 12.7. The van der Waals surface area contributed by atoms with E-state index in [2.05, 4.69) is 0 Å². The Hall–Kier alpha value is -1.27. The smallest absolute Gasteiger partial charge is 0.393 e. The molecule has 3 nitrogen and oxygen atoms in total. The molecule has 116 valence electrons. The van der Waals surface area contributed by atoms with Crippen molar-refractivity contribution in [2.24, 2.45) is 5.92 Å². The van der Waals surface area contributed by atoms with Crippen LogP contribution in [0.2, 0.25) is 5.02 Å². The summed E-state index contributed by atoms with van der Waals surface area (Å²) in [6.07, 6.45) is -4.46. The van der Waals surface area contributed by atoms with Crippen molar-refractivity contribution in [2.45, 2.75) is 25.6 Å². The van der Waals surface area contributed by atoms with Crippen molar-refractivity contribution in [1.29, 1.82) is 0 Å². The molecule has 2 atom stereocenters. The lowest BCUT2D eigenvalue weighted by Crippen LogP contribution is -2.30. The number of alkyl halides is 3. The zero-order valence-electron chi connectivity index (χ0n) is 11.3. The molecule has 0 aromatic heterocycles. The van der Waals surface area contributed by atoms with Crippen molar-refractivity contribution in [3.63, 3.8) is 0 Å². The lowest BCUT2D eigenvalue weighted by molar-refractivity contribution is -0.137. The molecule has 2 unspecified atom stereocenters. The molecule has 1 heterocycles. The minimum atomic E-state index is -4.55. The fourth-order valence-electron chi connectivity index (χ4n) is 2.42. The summed E-state index contributed by atoms with van der Waals surface area (Å²) >= 11 is 5.68. The van der Waals surface area contributed by atoms with E-state index in [-0.39, 0.29) is 16.5 Å². The number of amides is 1. The molecule has 1 N–H and O–H groups in total. The zero-order chi connectivity index (χ0) is 15.8. The molecule has 2 rings (SSSR count). The fraction of sp³-hybridized carbons (Fsp3) is 0.500. The van der Waals surface area contributed by atoms with Gasteiger partial charge in [0, 0.05) is 29.6 Å². The number of carbonyl (C=O) groups excluding carboxylic acids is 1. The summed E-state index contributed by atoms with van der Waals surface area (Å²) < 4.78 is 38.2. The Morgan fingerprint density at radius 3 is 2.62 bits per heavy atom. The number of rotatable bonds is 2. The third-order valence-electron chi connectivity index (χ3n) is 3.67. The van der Waals surface area contributed by atoms with Gasteiger partial charge in [0.2, 0.25) is 0 Å². The van der Waals surface area contributed by atoms with Crippen molar-refractivity contribution in [2.75, 3.05) is 13.1 Å². The number of carbonyl (C=O) groups is 1. The Morgan fingerprint density at radius 2 is 2.10 bits per heavy atom. The summed E-state index contributed by atoms with van der Waals surface area (Å²) in [4.78, 5) is 13.7. The Morgan fingerprint density at radius 1 is 1.43 bits per heavy atom. The largest absolute Gasteiger partial charge is 0.416 e. The van der Waals surface area contributed by atoms with Crippen LogP contribution in [0.3, 0.4) is 0 Å². The highest BCUT2D eigenvalue weighted by atomic mass is 35.5. The number of hydrogen-bond acceptors (Lipinski definition) is 2. The molecule has 0 bridgehead atoms. The second kappa shape index (κ2) is 5.85. The molecule has 0 spiro atoms. The summed E-state index contributed by atoms with van der Waals surface area (Å²) in [6, 6.07) is 2.83. The maximum Gasteiger partial charge on any atom is 0.416 e. The molecule has 1 aromatic rings. The normalized spacial score (nSPS) is 20.7. The van der Waals surface area contributed by atoms with E-state index in [1.165, 1.54) is 11.0 Å². The summed E-state index contributed by atoms with van der Waals surface area (Å²) in [5.41, 5.74) is -1.02. The van der Waals surface area contributed by atoms with Crippen molar-refractivity contribution in [3.8, 4) is 0 Å². The van der Waals surface area contributed by atoms with Crippen LogP contribution in [0.4, 0.5) is 13.2 Å². The monoisotopic (exact) mass is 321 g/mol. The molecule has 1 amide bonds. The number of halogens is 4. The van der Waals surface area contributed by atoms with Crippen molar-refractivity contribution >= 4 is 17.5 Å². The summed E-state index contributed by atoms with van der Waals surface area (Å²) in [5.74, 6) is -0.540. The molecular weight excluding hydrogens is 307 g/mol. The van der Waals surface area contributed by atoms with Gasteiger partial charge in [0.05, 0.1) is 11.7 Å². The van der Waals surface area contributed by atoms with E-state index in [4.69, 9.17) is 11.6 Å². The van der Waals surface area contributed by atoms with Gasteiger partial charge in [0.1, 0.15) is 0 Å². The van der Waals surface area contributed by atoms with Gasteiger partial charge in [-0.3, -0.25) is 4.79 Å². The maximum absolute atomic E-state index is 12.7. The van der Waals surface area contributed by atoms with E-state index in [1.807, 2.05) is 0 Å². The molecule has 1 fully saturated rings. The summed E-state index contributed by atoms with van der Waals surface area (Å²) in [5, 5.41) is 9.38. The number of likely N-dealkylation sites (tertiary alicyclic amines) is 1.